The molecule has 2 heterocycles. The Bertz CT molecular complexity index is 759. The zero-order chi connectivity index (χ0) is 20.5. The first-order chi connectivity index (χ1) is 14.2. The number of hydrogen-bond acceptors (Lipinski definition) is 3. The summed E-state index contributed by atoms with van der Waals surface area (Å²) >= 11 is 6.62. The van der Waals surface area contributed by atoms with Crippen molar-refractivity contribution in [3.05, 3.63) is 34.5 Å². The number of aromatic nitrogens is 2. The Balaban J connectivity index is 1.54. The van der Waals surface area contributed by atoms with Gasteiger partial charge in [0.25, 0.3) is 0 Å². The summed E-state index contributed by atoms with van der Waals surface area (Å²) in [6.45, 7) is 8.42. The van der Waals surface area contributed by atoms with Gasteiger partial charge in [-0.05, 0) is 37.6 Å². The van der Waals surface area contributed by atoms with E-state index >= 15 is 0 Å². The first-order valence-electron chi connectivity index (χ1n) is 11.4. The highest BCUT2D eigenvalue weighted by Crippen LogP contribution is 2.35. The summed E-state index contributed by atoms with van der Waals surface area (Å²) in [4.78, 5) is 2.50. The fraction of sp³-hybridized carbons (Fsp3) is 0.625. The van der Waals surface area contributed by atoms with Gasteiger partial charge in [0.05, 0.1) is 17.3 Å². The number of unbranched alkanes of at least 4 members (excludes halogenated alkanes) is 6. The van der Waals surface area contributed by atoms with Crippen molar-refractivity contribution in [1.29, 1.82) is 0 Å². The van der Waals surface area contributed by atoms with Crippen LogP contribution >= 0.6 is 11.6 Å². The van der Waals surface area contributed by atoms with Crippen LogP contribution < -0.4 is 4.74 Å². The number of rotatable bonds is 12. The van der Waals surface area contributed by atoms with Gasteiger partial charge in [-0.25, -0.2) is 0 Å². The summed E-state index contributed by atoms with van der Waals surface area (Å²) in [5, 5.41) is 8.53. The maximum Gasteiger partial charge on any atom is 0.120 e. The summed E-state index contributed by atoms with van der Waals surface area (Å²) in [5.41, 5.74) is 4.53. The minimum atomic E-state index is 0.712. The highest BCUT2D eigenvalue weighted by molar-refractivity contribution is 6.33. The number of hydrogen-bond donors (Lipinski definition) is 1. The van der Waals surface area contributed by atoms with E-state index in [1.165, 1.54) is 56.2 Å². The molecule has 1 N–H and O–H groups in total. The monoisotopic (exact) mass is 417 g/mol. The predicted octanol–water partition coefficient (Wildman–Crippen LogP) is 6.63. The number of aromatic amines is 1. The van der Waals surface area contributed by atoms with Crippen LogP contribution in [0.1, 0.15) is 76.5 Å². The summed E-state index contributed by atoms with van der Waals surface area (Å²) in [7, 11) is 0. The maximum atomic E-state index is 6.62. The van der Waals surface area contributed by atoms with Crippen LogP contribution in [0.25, 0.3) is 11.3 Å². The van der Waals surface area contributed by atoms with Gasteiger partial charge in [0.15, 0.2) is 0 Å². The van der Waals surface area contributed by atoms with Crippen molar-refractivity contribution in [2.75, 3.05) is 19.7 Å². The SMILES string of the molecule is CCCCCCCCCOc1ccc(-c2n[nH]c3c2CN(CCC)CC3)c(Cl)c1. The molecule has 0 fully saturated rings. The number of ether oxygens (including phenoxy) is 1. The molecule has 3 rings (SSSR count). The number of nitrogens with zero attached hydrogens (tertiary/aromatic N) is 2. The van der Waals surface area contributed by atoms with Crippen LogP contribution in [0.3, 0.4) is 0 Å². The van der Waals surface area contributed by atoms with Gasteiger partial charge in [0.1, 0.15) is 5.75 Å². The van der Waals surface area contributed by atoms with Crippen LogP contribution in [0.4, 0.5) is 0 Å². The molecule has 0 unspecified atom stereocenters. The number of H-pyrrole nitrogens is 1. The van der Waals surface area contributed by atoms with Crippen molar-refractivity contribution >= 4 is 11.6 Å². The molecule has 0 saturated carbocycles. The third-order valence-electron chi connectivity index (χ3n) is 5.76. The Morgan fingerprint density at radius 3 is 2.62 bits per heavy atom. The third-order valence-corrected chi connectivity index (χ3v) is 6.08. The van der Waals surface area contributed by atoms with Crippen molar-refractivity contribution in [3.8, 4) is 17.0 Å². The number of nitrogens with one attached hydrogen (secondary N) is 1. The Morgan fingerprint density at radius 2 is 1.86 bits per heavy atom. The number of fused-ring (bicyclic) bond motifs is 1. The lowest BCUT2D eigenvalue weighted by molar-refractivity contribution is 0.254. The second-order valence-corrected chi connectivity index (χ2v) is 8.57. The van der Waals surface area contributed by atoms with Crippen LogP contribution in [0.5, 0.6) is 5.75 Å². The normalized spacial score (nSPS) is 14.2. The molecule has 1 aliphatic heterocycles. The fourth-order valence-electron chi connectivity index (χ4n) is 4.11. The van der Waals surface area contributed by atoms with Crippen LogP contribution in [0.15, 0.2) is 18.2 Å². The summed E-state index contributed by atoms with van der Waals surface area (Å²) in [6.07, 6.45) is 11.2. The highest BCUT2D eigenvalue weighted by atomic mass is 35.5. The zero-order valence-corrected chi connectivity index (χ0v) is 18.9. The molecule has 0 bridgehead atoms. The Labute approximate surface area is 181 Å². The Hall–Kier alpha value is -1.52. The molecule has 160 valence electrons. The van der Waals surface area contributed by atoms with E-state index in [1.807, 2.05) is 12.1 Å². The molecule has 0 amide bonds. The van der Waals surface area contributed by atoms with Gasteiger partial charge in [-0.3, -0.25) is 10.00 Å². The topological polar surface area (TPSA) is 41.1 Å². The highest BCUT2D eigenvalue weighted by Gasteiger charge is 2.23. The molecule has 0 atom stereocenters. The van der Waals surface area contributed by atoms with E-state index < -0.39 is 0 Å². The molecule has 2 aromatic rings. The van der Waals surface area contributed by atoms with Crippen molar-refractivity contribution in [3.63, 3.8) is 0 Å². The molecule has 1 aromatic carbocycles. The summed E-state index contributed by atoms with van der Waals surface area (Å²) in [5.74, 6) is 0.849. The molecule has 0 saturated heterocycles. The van der Waals surface area contributed by atoms with E-state index in [9.17, 15) is 0 Å². The van der Waals surface area contributed by atoms with Gasteiger partial charge in [-0.15, -0.1) is 0 Å². The number of benzene rings is 1. The van der Waals surface area contributed by atoms with E-state index in [0.29, 0.717) is 5.02 Å². The summed E-state index contributed by atoms with van der Waals surface area (Å²) in [6, 6.07) is 6.01. The van der Waals surface area contributed by atoms with Crippen LogP contribution in [-0.4, -0.2) is 34.8 Å². The lowest BCUT2D eigenvalue weighted by Crippen LogP contribution is -2.31. The van der Waals surface area contributed by atoms with Gasteiger partial charge in [0, 0.05) is 36.3 Å². The molecule has 5 heteroatoms. The minimum absolute atomic E-state index is 0.712. The predicted molar refractivity (Wildman–Crippen MR) is 122 cm³/mol. The average molecular weight is 418 g/mol. The van der Waals surface area contributed by atoms with Crippen molar-refractivity contribution in [1.82, 2.24) is 15.1 Å². The van der Waals surface area contributed by atoms with E-state index in [1.54, 1.807) is 0 Å². The lowest BCUT2D eigenvalue weighted by atomic mass is 10.0. The lowest BCUT2D eigenvalue weighted by Gasteiger charge is -2.26. The largest absolute Gasteiger partial charge is 0.494 e. The molecular formula is C24H36ClN3O. The van der Waals surface area contributed by atoms with Crippen LogP contribution in [-0.2, 0) is 13.0 Å². The van der Waals surface area contributed by atoms with E-state index in [4.69, 9.17) is 16.3 Å². The second kappa shape index (κ2) is 11.6. The van der Waals surface area contributed by atoms with Crippen LogP contribution in [0.2, 0.25) is 5.02 Å². The molecule has 0 radical (unpaired) electrons. The van der Waals surface area contributed by atoms with Crippen LogP contribution in [0, 0.1) is 0 Å². The van der Waals surface area contributed by atoms with E-state index in [0.717, 1.165) is 56.1 Å². The van der Waals surface area contributed by atoms with Gasteiger partial charge in [-0.1, -0.05) is 64.0 Å². The van der Waals surface area contributed by atoms with Gasteiger partial charge < -0.3 is 4.74 Å². The third kappa shape index (κ3) is 6.23. The van der Waals surface area contributed by atoms with Gasteiger partial charge in [-0.2, -0.15) is 5.10 Å². The van der Waals surface area contributed by atoms with Crippen molar-refractivity contribution in [2.45, 2.75) is 78.2 Å². The Kier molecular flexibility index (Phi) is 8.88. The quantitative estimate of drug-likeness (QED) is 0.394. The standard InChI is InChI=1S/C24H36ClN3O/c1-3-5-6-7-8-9-10-16-29-19-11-12-20(22(25)17-19)24-21-18-28(14-4-2)15-13-23(21)26-27-24/h11-12,17H,3-10,13-16,18H2,1-2H3,(H,26,27). The fourth-order valence-corrected chi connectivity index (χ4v) is 4.37. The molecule has 4 nitrogen and oxygen atoms in total. The molecule has 0 spiro atoms. The molecule has 0 aliphatic carbocycles. The average Bonchev–Trinajstić information content (AvgIpc) is 3.13. The first-order valence-corrected chi connectivity index (χ1v) is 11.8. The van der Waals surface area contributed by atoms with E-state index in [-0.39, 0.29) is 0 Å². The Morgan fingerprint density at radius 1 is 1.07 bits per heavy atom. The van der Waals surface area contributed by atoms with Crippen molar-refractivity contribution in [2.24, 2.45) is 0 Å². The van der Waals surface area contributed by atoms with Crippen molar-refractivity contribution < 1.29 is 4.74 Å². The molecule has 1 aliphatic rings. The van der Waals surface area contributed by atoms with Gasteiger partial charge in [0.2, 0.25) is 0 Å². The maximum absolute atomic E-state index is 6.62. The molecule has 1 aromatic heterocycles. The zero-order valence-electron chi connectivity index (χ0n) is 18.1. The molecular weight excluding hydrogens is 382 g/mol. The molecule has 29 heavy (non-hydrogen) atoms. The van der Waals surface area contributed by atoms with Gasteiger partial charge >= 0.3 is 0 Å². The number of halogens is 1. The second-order valence-electron chi connectivity index (χ2n) is 8.17. The minimum Gasteiger partial charge on any atom is -0.494 e. The first kappa shape index (κ1) is 22.2. The van der Waals surface area contributed by atoms with E-state index in [2.05, 4.69) is 35.0 Å². The smallest absolute Gasteiger partial charge is 0.120 e. The summed E-state index contributed by atoms with van der Waals surface area (Å²) < 4.78 is 5.93.